The molecule has 2 amide bonds. The summed E-state index contributed by atoms with van der Waals surface area (Å²) >= 11 is 6.42. The second-order valence-electron chi connectivity index (χ2n) is 8.81. The van der Waals surface area contributed by atoms with Crippen LogP contribution >= 0.6 is 11.6 Å². The number of aryl methyl sites for hydroxylation is 1. The van der Waals surface area contributed by atoms with Gasteiger partial charge in [-0.05, 0) is 30.9 Å². The first-order valence-corrected chi connectivity index (χ1v) is 11.9. The van der Waals surface area contributed by atoms with Crippen LogP contribution < -0.4 is 5.32 Å². The molecule has 0 bridgehead atoms. The highest BCUT2D eigenvalue weighted by Crippen LogP contribution is 2.45. The van der Waals surface area contributed by atoms with Crippen LogP contribution in [0.5, 0.6) is 0 Å². The van der Waals surface area contributed by atoms with Gasteiger partial charge in [-0.2, -0.15) is 0 Å². The van der Waals surface area contributed by atoms with E-state index >= 15 is 0 Å². The molecular formula is C25H26ClF3N4O3. The Morgan fingerprint density at radius 1 is 1.22 bits per heavy atom. The van der Waals surface area contributed by atoms with Crippen LogP contribution in [0.3, 0.4) is 0 Å². The molecule has 192 valence electrons. The molecule has 2 atom stereocenters. The Bertz CT molecular complexity index is 1180. The van der Waals surface area contributed by atoms with Crippen molar-refractivity contribution < 1.29 is 27.5 Å². The minimum Gasteiger partial charge on any atom is -0.338 e. The van der Waals surface area contributed by atoms with Crippen LogP contribution in [0.25, 0.3) is 5.57 Å². The fourth-order valence-electron chi connectivity index (χ4n) is 4.55. The van der Waals surface area contributed by atoms with E-state index in [0.717, 1.165) is 12.8 Å². The zero-order valence-electron chi connectivity index (χ0n) is 19.6. The summed E-state index contributed by atoms with van der Waals surface area (Å²) in [6.07, 6.45) is 2.83. The van der Waals surface area contributed by atoms with Gasteiger partial charge < -0.3 is 14.8 Å². The summed E-state index contributed by atoms with van der Waals surface area (Å²) in [5.74, 6) is -0.133. The first kappa shape index (κ1) is 26.0. The van der Waals surface area contributed by atoms with Crippen molar-refractivity contribution in [3.8, 4) is 0 Å². The summed E-state index contributed by atoms with van der Waals surface area (Å²) in [5, 5.41) is 0.421. The second-order valence-corrected chi connectivity index (χ2v) is 9.42. The third kappa shape index (κ3) is 5.99. The molecule has 1 aliphatic carbocycles. The molecule has 0 saturated carbocycles. The van der Waals surface area contributed by atoms with Gasteiger partial charge in [0.1, 0.15) is 11.9 Å². The van der Waals surface area contributed by atoms with Crippen molar-refractivity contribution in [2.24, 2.45) is 7.05 Å². The van der Waals surface area contributed by atoms with E-state index in [0.29, 0.717) is 24.4 Å². The lowest BCUT2D eigenvalue weighted by Crippen LogP contribution is -2.52. The number of carbonyl (C=O) groups excluding carboxylic acids is 2. The lowest BCUT2D eigenvalue weighted by atomic mass is 9.92. The van der Waals surface area contributed by atoms with Crippen molar-refractivity contribution in [3.63, 3.8) is 0 Å². The van der Waals surface area contributed by atoms with Crippen LogP contribution in [-0.4, -0.2) is 50.3 Å². The Labute approximate surface area is 211 Å². The third-order valence-electron chi connectivity index (χ3n) is 6.27. The molecule has 0 spiro atoms. The number of amides is 2. The summed E-state index contributed by atoms with van der Waals surface area (Å²) in [6.45, 7) is 0.412. The predicted octanol–water partition coefficient (Wildman–Crippen LogP) is 4.30. The van der Waals surface area contributed by atoms with Crippen LogP contribution in [0.4, 0.5) is 13.2 Å². The zero-order chi connectivity index (χ0) is 25.9. The number of piperidine rings is 1. The Morgan fingerprint density at radius 3 is 2.64 bits per heavy atom. The van der Waals surface area contributed by atoms with Gasteiger partial charge in [0.15, 0.2) is 5.06 Å². The van der Waals surface area contributed by atoms with Gasteiger partial charge in [0.25, 0.3) is 0 Å². The van der Waals surface area contributed by atoms with Crippen LogP contribution in [0.15, 0.2) is 60.6 Å². The maximum Gasteiger partial charge on any atom is 0.524 e. The highest BCUT2D eigenvalue weighted by molar-refractivity contribution is 6.29. The maximum absolute atomic E-state index is 13.3. The Hall–Kier alpha value is -3.11. The molecule has 36 heavy (non-hydrogen) atoms. The fraction of sp³-hybridized carbons (Fsp3) is 0.400. The lowest BCUT2D eigenvalue weighted by molar-refractivity contribution is -0.342. The van der Waals surface area contributed by atoms with E-state index in [-0.39, 0.29) is 23.6 Å². The van der Waals surface area contributed by atoms with Crippen molar-refractivity contribution in [3.05, 3.63) is 72.0 Å². The number of nitrogens with zero attached hydrogens (tertiary/aromatic N) is 3. The molecule has 2 heterocycles. The van der Waals surface area contributed by atoms with E-state index in [1.165, 1.54) is 17.1 Å². The van der Waals surface area contributed by atoms with E-state index in [1.54, 1.807) is 54.3 Å². The van der Waals surface area contributed by atoms with Crippen LogP contribution in [0.1, 0.15) is 37.1 Å². The van der Waals surface area contributed by atoms with Gasteiger partial charge >= 0.3 is 6.36 Å². The van der Waals surface area contributed by atoms with Crippen molar-refractivity contribution in [2.45, 2.75) is 49.6 Å². The maximum atomic E-state index is 13.3. The topological polar surface area (TPSA) is 76.5 Å². The summed E-state index contributed by atoms with van der Waals surface area (Å²) in [7, 11) is 1.78. The van der Waals surface area contributed by atoms with E-state index in [4.69, 9.17) is 11.6 Å². The van der Waals surface area contributed by atoms with Crippen molar-refractivity contribution in [1.82, 2.24) is 19.8 Å². The van der Waals surface area contributed by atoms with Gasteiger partial charge in [-0.15, -0.1) is 13.2 Å². The summed E-state index contributed by atoms with van der Waals surface area (Å²) in [6, 6.07) is 7.62. The third-order valence-corrected chi connectivity index (χ3v) is 6.69. The highest BCUT2D eigenvalue weighted by Gasteiger charge is 2.47. The van der Waals surface area contributed by atoms with Crippen LogP contribution in [0, 0.1) is 0 Å². The first-order valence-electron chi connectivity index (χ1n) is 11.5. The summed E-state index contributed by atoms with van der Waals surface area (Å²) < 4.78 is 45.9. The molecule has 1 aromatic heterocycles. The van der Waals surface area contributed by atoms with Crippen molar-refractivity contribution >= 4 is 29.0 Å². The molecule has 1 fully saturated rings. The summed E-state index contributed by atoms with van der Waals surface area (Å²) in [4.78, 5) is 31.9. The van der Waals surface area contributed by atoms with Gasteiger partial charge in [-0.1, -0.05) is 48.0 Å². The Kier molecular flexibility index (Phi) is 7.56. The molecule has 1 saturated heterocycles. The minimum atomic E-state index is -5.00. The molecule has 0 radical (unpaired) electrons. The number of imidazole rings is 1. The Morgan fingerprint density at radius 2 is 1.97 bits per heavy atom. The Balaban J connectivity index is 1.53. The minimum absolute atomic E-state index is 0.0450. The number of ether oxygens (including phenoxy) is 1. The average molecular weight is 523 g/mol. The largest absolute Gasteiger partial charge is 0.524 e. The van der Waals surface area contributed by atoms with Crippen molar-refractivity contribution in [2.75, 3.05) is 6.54 Å². The van der Waals surface area contributed by atoms with Gasteiger partial charge in [-0.3, -0.25) is 14.3 Å². The molecule has 1 aliphatic heterocycles. The number of benzene rings is 1. The number of likely N-dealkylation sites (tertiary alicyclic amines) is 1. The second kappa shape index (κ2) is 10.5. The summed E-state index contributed by atoms with van der Waals surface area (Å²) in [5.41, 5.74) is 0.766. The molecular weight excluding hydrogens is 497 g/mol. The van der Waals surface area contributed by atoms with Crippen LogP contribution in [-0.2, 0) is 27.8 Å². The van der Waals surface area contributed by atoms with Gasteiger partial charge in [0, 0.05) is 43.7 Å². The van der Waals surface area contributed by atoms with Gasteiger partial charge in [0.2, 0.25) is 11.8 Å². The molecule has 2 aliphatic rings. The molecule has 1 aromatic carbocycles. The molecule has 11 heteroatoms. The van der Waals surface area contributed by atoms with E-state index in [1.807, 2.05) is 0 Å². The first-order chi connectivity index (χ1) is 17.1. The number of nitrogens with one attached hydrogen (secondary N) is 1. The number of rotatable bonds is 6. The molecule has 4 rings (SSSR count). The number of hydrogen-bond acceptors (Lipinski definition) is 4. The standard InChI is InChI=1S/C25H26ClF3N4O3/c1-32-14-12-30-21(32)15-22(34)33-13-6-5-9-20(33)23(35)31-18-10-11-19(17-7-3-2-4-8-17)24(26,16-18)36-25(27,28)29/h2-4,7-8,10-12,14,20H,5-6,9,13,15-16H2,1H3,(H,31,35). The molecule has 1 N–H and O–H groups in total. The van der Waals surface area contributed by atoms with Crippen molar-refractivity contribution in [1.29, 1.82) is 0 Å². The molecule has 2 unspecified atom stereocenters. The van der Waals surface area contributed by atoms with E-state index in [9.17, 15) is 22.8 Å². The number of halogens is 4. The lowest BCUT2D eigenvalue weighted by Gasteiger charge is -2.37. The predicted molar refractivity (Wildman–Crippen MR) is 127 cm³/mol. The van der Waals surface area contributed by atoms with E-state index < -0.39 is 29.8 Å². The number of aromatic nitrogens is 2. The van der Waals surface area contributed by atoms with E-state index in [2.05, 4.69) is 15.0 Å². The normalized spacial score (nSPS) is 22.6. The van der Waals surface area contributed by atoms with Crippen LogP contribution in [0.2, 0.25) is 0 Å². The monoisotopic (exact) mass is 522 g/mol. The fourth-order valence-corrected chi connectivity index (χ4v) is 4.95. The smallest absolute Gasteiger partial charge is 0.338 e. The SMILES string of the molecule is Cn1ccnc1CC(=O)N1CCCCC1C(=O)NC1=CC=C(c2ccccc2)C(Cl)(OC(F)(F)F)C1. The number of hydrogen-bond donors (Lipinski definition) is 1. The molecule has 2 aromatic rings. The zero-order valence-corrected chi connectivity index (χ0v) is 20.4. The number of carbonyl (C=O) groups is 2. The molecule has 7 nitrogen and oxygen atoms in total. The average Bonchev–Trinajstić information content (AvgIpc) is 3.22. The number of alkyl halides is 4. The van der Waals surface area contributed by atoms with Gasteiger partial charge in [-0.25, -0.2) is 4.98 Å². The quantitative estimate of drug-likeness (QED) is 0.574. The van der Waals surface area contributed by atoms with Gasteiger partial charge in [0.05, 0.1) is 6.42 Å². The number of allylic oxidation sites excluding steroid dienone is 2. The highest BCUT2D eigenvalue weighted by atomic mass is 35.5.